The second-order valence-electron chi connectivity index (χ2n) is 18.9. The van der Waals surface area contributed by atoms with Crippen molar-refractivity contribution in [3.8, 4) is 50.2 Å². The highest BCUT2D eigenvalue weighted by atomic mass is 15.2. The molecule has 0 aliphatic heterocycles. The lowest BCUT2D eigenvalue weighted by molar-refractivity contribution is 0.652. The van der Waals surface area contributed by atoms with Gasteiger partial charge < -0.3 is 4.90 Å². The van der Waals surface area contributed by atoms with Crippen LogP contribution in [0.4, 0.5) is 17.1 Å². The van der Waals surface area contributed by atoms with Crippen molar-refractivity contribution >= 4 is 44.9 Å². The number of rotatable bonds is 6. The first kappa shape index (κ1) is 37.6. The van der Waals surface area contributed by atoms with Gasteiger partial charge in [-0.15, -0.1) is 0 Å². The van der Waals surface area contributed by atoms with E-state index in [2.05, 4.69) is 248 Å². The summed E-state index contributed by atoms with van der Waals surface area (Å²) in [4.78, 5) is 7.73. The molecule has 0 fully saturated rings. The third-order valence-electron chi connectivity index (χ3n) is 14.5. The van der Waals surface area contributed by atoms with Crippen LogP contribution in [0.25, 0.3) is 78.0 Å². The molecule has 65 heavy (non-hydrogen) atoms. The molecule has 2 heterocycles. The molecule has 0 N–H and O–H groups in total. The molecule has 4 nitrogen and oxygen atoms in total. The predicted octanol–water partition coefficient (Wildman–Crippen LogP) is 15.8. The Morgan fingerprint density at radius 2 is 0.877 bits per heavy atom. The van der Waals surface area contributed by atoms with Crippen molar-refractivity contribution in [1.82, 2.24) is 14.0 Å². The molecule has 0 radical (unpaired) electrons. The van der Waals surface area contributed by atoms with E-state index >= 15 is 0 Å². The van der Waals surface area contributed by atoms with Crippen LogP contribution in [0.1, 0.15) is 49.9 Å². The number of para-hydroxylation sites is 2. The zero-order valence-electron chi connectivity index (χ0n) is 36.9. The van der Waals surface area contributed by atoms with Crippen molar-refractivity contribution in [2.45, 2.75) is 38.5 Å². The molecule has 0 unspecified atom stereocenters. The molecule has 9 aromatic carbocycles. The largest absolute Gasteiger partial charge is 0.310 e. The quantitative estimate of drug-likeness (QED) is 0.167. The normalized spacial score (nSPS) is 14.1. The molecule has 13 rings (SSSR count). The van der Waals surface area contributed by atoms with Crippen LogP contribution in [-0.4, -0.2) is 14.0 Å². The van der Waals surface area contributed by atoms with Crippen LogP contribution in [0.15, 0.2) is 206 Å². The molecule has 0 atom stereocenters. The van der Waals surface area contributed by atoms with Gasteiger partial charge in [0.1, 0.15) is 0 Å². The Hall–Kier alpha value is -7.95. The van der Waals surface area contributed by atoms with Crippen molar-refractivity contribution in [3.63, 3.8) is 0 Å². The summed E-state index contributed by atoms with van der Waals surface area (Å²) in [6.07, 6.45) is 0. The van der Waals surface area contributed by atoms with Gasteiger partial charge in [-0.1, -0.05) is 155 Å². The molecule has 2 aromatic heterocycles. The fourth-order valence-corrected chi connectivity index (χ4v) is 11.2. The summed E-state index contributed by atoms with van der Waals surface area (Å²) in [5.41, 5.74) is 24.1. The fraction of sp³-hybridized carbons (Fsp3) is 0.0984. The molecule has 0 saturated carbocycles. The standard InChI is InChI=1S/C61H46N4/c1-60(2)51-20-12-11-19-47(51)49-37-54-50(38-53(49)60)48-33-31-45(35-52(48)61(54,3)4)64-57-34-32-46(36-58(57)65-56-22-14-13-21-55(56)62-59(64)65)63(43-27-23-41(24-28-43)39-15-7-5-8-16-39)44-29-25-42(26-30-44)40-17-9-6-10-18-40/h5-38H,1-4H3. The minimum atomic E-state index is -0.198. The summed E-state index contributed by atoms with van der Waals surface area (Å²) in [5.74, 6) is 0.898. The first-order chi connectivity index (χ1) is 31.7. The average molecular weight is 835 g/mol. The lowest BCUT2D eigenvalue weighted by Gasteiger charge is -2.26. The second-order valence-corrected chi connectivity index (χ2v) is 18.9. The topological polar surface area (TPSA) is 25.5 Å². The summed E-state index contributed by atoms with van der Waals surface area (Å²) in [6, 6.07) is 75.5. The first-order valence-corrected chi connectivity index (χ1v) is 22.7. The lowest BCUT2D eigenvalue weighted by Crippen LogP contribution is -2.17. The molecule has 2 aliphatic carbocycles. The Bertz CT molecular complexity index is 3600. The van der Waals surface area contributed by atoms with Crippen LogP contribution < -0.4 is 4.90 Å². The highest BCUT2D eigenvalue weighted by Gasteiger charge is 2.41. The Balaban J connectivity index is 0.974. The minimum absolute atomic E-state index is 0.0577. The lowest BCUT2D eigenvalue weighted by atomic mass is 9.79. The maximum absolute atomic E-state index is 5.36. The van der Waals surface area contributed by atoms with Gasteiger partial charge in [0.15, 0.2) is 0 Å². The molecule has 0 amide bonds. The number of benzene rings is 9. The molecule has 0 saturated heterocycles. The van der Waals surface area contributed by atoms with Gasteiger partial charge in [-0.2, -0.15) is 0 Å². The number of aromatic nitrogens is 3. The van der Waals surface area contributed by atoms with E-state index < -0.39 is 0 Å². The van der Waals surface area contributed by atoms with Gasteiger partial charge in [-0.3, -0.25) is 8.97 Å². The summed E-state index contributed by atoms with van der Waals surface area (Å²) in [5, 5.41) is 0. The third kappa shape index (κ3) is 5.53. The zero-order valence-corrected chi connectivity index (χ0v) is 36.9. The molecule has 2 aliphatic rings. The van der Waals surface area contributed by atoms with E-state index in [0.29, 0.717) is 0 Å². The van der Waals surface area contributed by atoms with Crippen LogP contribution in [0, 0.1) is 0 Å². The van der Waals surface area contributed by atoms with Crippen molar-refractivity contribution in [2.75, 3.05) is 4.90 Å². The molecule has 310 valence electrons. The SMILES string of the molecule is CC1(C)c2ccccc2-c2cc3c(cc21)-c1ccc(-n2c4ccc(N(c5ccc(-c6ccccc6)cc5)c5ccc(-c6ccccc6)cc5)cc4n4c5ccccc5nc24)cc1C3(C)C. The highest BCUT2D eigenvalue weighted by molar-refractivity contribution is 5.96. The summed E-state index contributed by atoms with van der Waals surface area (Å²) < 4.78 is 4.71. The third-order valence-corrected chi connectivity index (χ3v) is 14.5. The number of imidazole rings is 2. The van der Waals surface area contributed by atoms with Crippen molar-refractivity contribution < 1.29 is 0 Å². The van der Waals surface area contributed by atoms with E-state index in [1.807, 2.05) is 0 Å². The van der Waals surface area contributed by atoms with E-state index in [1.165, 1.54) is 66.8 Å². The second kappa shape index (κ2) is 13.8. The fourth-order valence-electron chi connectivity index (χ4n) is 11.2. The molecule has 11 aromatic rings. The van der Waals surface area contributed by atoms with Gasteiger partial charge in [0.05, 0.1) is 22.1 Å². The van der Waals surface area contributed by atoms with E-state index in [1.54, 1.807) is 0 Å². The Morgan fingerprint density at radius 1 is 0.369 bits per heavy atom. The molecule has 0 spiro atoms. The van der Waals surface area contributed by atoms with Crippen molar-refractivity contribution in [1.29, 1.82) is 0 Å². The molecular formula is C61H46N4. The van der Waals surface area contributed by atoms with Crippen LogP contribution in [0.3, 0.4) is 0 Å². The zero-order chi connectivity index (χ0) is 43.6. The number of anilines is 3. The van der Waals surface area contributed by atoms with Crippen LogP contribution in [0.2, 0.25) is 0 Å². The first-order valence-electron chi connectivity index (χ1n) is 22.7. The Kier molecular flexibility index (Phi) is 7.97. The number of hydrogen-bond acceptors (Lipinski definition) is 2. The minimum Gasteiger partial charge on any atom is -0.310 e. The van der Waals surface area contributed by atoms with E-state index in [0.717, 1.165) is 50.6 Å². The van der Waals surface area contributed by atoms with Gasteiger partial charge in [0.2, 0.25) is 5.78 Å². The summed E-state index contributed by atoms with van der Waals surface area (Å²) in [6.45, 7) is 9.54. The number of hydrogen-bond donors (Lipinski definition) is 0. The number of fused-ring (bicyclic) bond motifs is 11. The van der Waals surface area contributed by atoms with Crippen molar-refractivity contribution in [2.24, 2.45) is 0 Å². The van der Waals surface area contributed by atoms with Crippen LogP contribution in [-0.2, 0) is 10.8 Å². The maximum atomic E-state index is 5.36. The predicted molar refractivity (Wildman–Crippen MR) is 270 cm³/mol. The Labute approximate surface area is 379 Å². The van der Waals surface area contributed by atoms with Gasteiger partial charge >= 0.3 is 0 Å². The van der Waals surface area contributed by atoms with E-state index in [4.69, 9.17) is 4.98 Å². The summed E-state index contributed by atoms with van der Waals surface area (Å²) in [7, 11) is 0. The molecule has 4 heteroatoms. The van der Waals surface area contributed by atoms with Crippen molar-refractivity contribution in [3.05, 3.63) is 229 Å². The van der Waals surface area contributed by atoms with Gasteiger partial charge in [0, 0.05) is 33.6 Å². The van der Waals surface area contributed by atoms with Crippen LogP contribution in [0.5, 0.6) is 0 Å². The smallest absolute Gasteiger partial charge is 0.220 e. The van der Waals surface area contributed by atoms with Gasteiger partial charge in [0.25, 0.3) is 0 Å². The monoisotopic (exact) mass is 834 g/mol. The summed E-state index contributed by atoms with van der Waals surface area (Å²) >= 11 is 0. The van der Waals surface area contributed by atoms with E-state index in [9.17, 15) is 0 Å². The highest BCUT2D eigenvalue weighted by Crippen LogP contribution is 2.56. The van der Waals surface area contributed by atoms with E-state index in [-0.39, 0.29) is 10.8 Å². The number of nitrogens with zero attached hydrogens (tertiary/aromatic N) is 4. The maximum Gasteiger partial charge on any atom is 0.220 e. The average Bonchev–Trinajstić information content (AvgIpc) is 4.02. The molecule has 0 bridgehead atoms. The van der Waals surface area contributed by atoms with Gasteiger partial charge in [-0.25, -0.2) is 4.98 Å². The Morgan fingerprint density at radius 3 is 1.52 bits per heavy atom. The molecular weight excluding hydrogens is 789 g/mol. The van der Waals surface area contributed by atoms with Crippen LogP contribution >= 0.6 is 0 Å². The van der Waals surface area contributed by atoms with Gasteiger partial charge in [-0.05, 0) is 146 Å².